The molecule has 0 fully saturated rings. The molecule has 3 heteroatoms. The Hall–Kier alpha value is -2.13. The number of rotatable bonds is 2. The summed E-state index contributed by atoms with van der Waals surface area (Å²) < 4.78 is 5.44. The standard InChI is InChI=1S/C13H14N2O.C5H8/c1-2-8-3-4-9-10-6-16-7-11(10)13(14)15-12(9)5-8;1-4-5(2)3/h3-5H,2,6-7H2,1H3,(H2,14,15);4H,1-2H2,3H3. The van der Waals surface area contributed by atoms with E-state index in [2.05, 4.69) is 43.3 Å². The van der Waals surface area contributed by atoms with Crippen molar-refractivity contribution in [1.29, 1.82) is 0 Å². The fourth-order valence-electron chi connectivity index (χ4n) is 2.24. The van der Waals surface area contributed by atoms with Gasteiger partial charge in [-0.3, -0.25) is 0 Å². The van der Waals surface area contributed by atoms with Crippen molar-refractivity contribution < 1.29 is 4.74 Å². The number of nitrogen functional groups attached to an aromatic ring is 1. The van der Waals surface area contributed by atoms with Crippen molar-refractivity contribution in [3.63, 3.8) is 0 Å². The fraction of sp³-hybridized carbons (Fsp3) is 0.278. The Labute approximate surface area is 126 Å². The normalized spacial score (nSPS) is 12.5. The summed E-state index contributed by atoms with van der Waals surface area (Å²) in [5.74, 6) is 0.619. The lowest BCUT2D eigenvalue weighted by atomic mass is 10.0. The molecule has 0 saturated carbocycles. The largest absolute Gasteiger partial charge is 0.383 e. The Balaban J connectivity index is 0.000000282. The molecule has 1 aliphatic heterocycles. The predicted octanol–water partition coefficient (Wildman–Crippen LogP) is 4.16. The summed E-state index contributed by atoms with van der Waals surface area (Å²) in [7, 11) is 0. The van der Waals surface area contributed by atoms with E-state index in [4.69, 9.17) is 10.5 Å². The minimum Gasteiger partial charge on any atom is -0.383 e. The van der Waals surface area contributed by atoms with Gasteiger partial charge in [0.25, 0.3) is 0 Å². The SMILES string of the molecule is C=CC(=C)C.CCc1ccc2c3c(c(N)nc2c1)COC3. The Bertz CT molecular complexity index is 689. The van der Waals surface area contributed by atoms with Gasteiger partial charge in [0.05, 0.1) is 18.7 Å². The van der Waals surface area contributed by atoms with Gasteiger partial charge in [-0.15, -0.1) is 0 Å². The van der Waals surface area contributed by atoms with Crippen LogP contribution in [0.1, 0.15) is 30.5 Å². The number of aryl methyl sites for hydroxylation is 1. The molecule has 2 N–H and O–H groups in total. The number of benzene rings is 1. The van der Waals surface area contributed by atoms with E-state index >= 15 is 0 Å². The average molecular weight is 282 g/mol. The van der Waals surface area contributed by atoms with Gasteiger partial charge in [0, 0.05) is 10.9 Å². The summed E-state index contributed by atoms with van der Waals surface area (Å²) in [6.45, 7) is 12.3. The van der Waals surface area contributed by atoms with E-state index in [0.717, 1.165) is 23.1 Å². The fourth-order valence-corrected chi connectivity index (χ4v) is 2.24. The van der Waals surface area contributed by atoms with E-state index in [0.29, 0.717) is 19.0 Å². The summed E-state index contributed by atoms with van der Waals surface area (Å²) in [5, 5.41) is 1.18. The molecule has 1 aromatic heterocycles. The molecule has 3 rings (SSSR count). The number of nitrogens with two attached hydrogens (primary N) is 1. The summed E-state index contributed by atoms with van der Waals surface area (Å²) in [6.07, 6.45) is 2.74. The molecule has 1 aromatic carbocycles. The van der Waals surface area contributed by atoms with Gasteiger partial charge in [-0.05, 0) is 30.5 Å². The molecule has 2 aromatic rings. The van der Waals surface area contributed by atoms with Crippen LogP contribution in [0.2, 0.25) is 0 Å². The third kappa shape index (κ3) is 3.31. The first-order valence-corrected chi connectivity index (χ1v) is 7.12. The smallest absolute Gasteiger partial charge is 0.130 e. The third-order valence-electron chi connectivity index (χ3n) is 3.55. The van der Waals surface area contributed by atoms with Crippen molar-refractivity contribution in [1.82, 2.24) is 4.98 Å². The highest BCUT2D eigenvalue weighted by Crippen LogP contribution is 2.31. The minimum absolute atomic E-state index is 0.597. The molecule has 0 unspecified atom stereocenters. The van der Waals surface area contributed by atoms with Crippen LogP contribution >= 0.6 is 0 Å². The van der Waals surface area contributed by atoms with Crippen molar-refractivity contribution in [2.45, 2.75) is 33.5 Å². The first kappa shape index (κ1) is 15.3. The van der Waals surface area contributed by atoms with Crippen LogP contribution in [-0.4, -0.2) is 4.98 Å². The Morgan fingerprint density at radius 3 is 2.67 bits per heavy atom. The molecule has 2 heterocycles. The molecule has 0 radical (unpaired) electrons. The molecule has 0 saturated heterocycles. The van der Waals surface area contributed by atoms with Crippen molar-refractivity contribution >= 4 is 16.7 Å². The molecule has 110 valence electrons. The molecule has 1 aliphatic rings. The zero-order chi connectivity index (χ0) is 15.4. The van der Waals surface area contributed by atoms with E-state index in [1.807, 2.05) is 6.92 Å². The lowest BCUT2D eigenvalue weighted by Gasteiger charge is -2.07. The van der Waals surface area contributed by atoms with E-state index in [-0.39, 0.29) is 0 Å². The van der Waals surface area contributed by atoms with Gasteiger partial charge in [0.15, 0.2) is 0 Å². The highest BCUT2D eigenvalue weighted by Gasteiger charge is 2.18. The van der Waals surface area contributed by atoms with Crippen molar-refractivity contribution in [2.75, 3.05) is 5.73 Å². The van der Waals surface area contributed by atoms with Crippen LogP contribution in [-0.2, 0) is 24.4 Å². The molecule has 0 spiro atoms. The maximum Gasteiger partial charge on any atom is 0.130 e. The van der Waals surface area contributed by atoms with Gasteiger partial charge in [-0.2, -0.15) is 0 Å². The third-order valence-corrected chi connectivity index (χ3v) is 3.55. The van der Waals surface area contributed by atoms with Crippen molar-refractivity contribution in [3.05, 3.63) is 59.7 Å². The Kier molecular flexibility index (Phi) is 4.76. The first-order chi connectivity index (χ1) is 10.1. The van der Waals surface area contributed by atoms with Crippen molar-refractivity contribution in [2.24, 2.45) is 0 Å². The molecular weight excluding hydrogens is 260 g/mol. The highest BCUT2D eigenvalue weighted by molar-refractivity contribution is 5.86. The van der Waals surface area contributed by atoms with Crippen LogP contribution in [0, 0.1) is 0 Å². The minimum atomic E-state index is 0.597. The zero-order valence-corrected chi connectivity index (χ0v) is 12.8. The number of aromatic nitrogens is 1. The molecule has 3 nitrogen and oxygen atoms in total. The molecule has 21 heavy (non-hydrogen) atoms. The number of hydrogen-bond acceptors (Lipinski definition) is 3. The summed E-state index contributed by atoms with van der Waals surface area (Å²) in [5.41, 5.74) is 11.5. The molecule has 0 atom stereocenters. The monoisotopic (exact) mass is 282 g/mol. The van der Waals surface area contributed by atoms with Crippen LogP contribution in [0.15, 0.2) is 43.0 Å². The summed E-state index contributed by atoms with van der Waals surface area (Å²) in [6, 6.07) is 6.40. The first-order valence-electron chi connectivity index (χ1n) is 7.12. The van der Waals surface area contributed by atoms with Crippen LogP contribution in [0.3, 0.4) is 0 Å². The quantitative estimate of drug-likeness (QED) is 0.841. The number of anilines is 1. The highest BCUT2D eigenvalue weighted by atomic mass is 16.5. The number of ether oxygens (including phenoxy) is 1. The molecular formula is C18H22N2O. The second-order valence-corrected chi connectivity index (χ2v) is 5.20. The topological polar surface area (TPSA) is 48.1 Å². The Morgan fingerprint density at radius 2 is 2.05 bits per heavy atom. The second-order valence-electron chi connectivity index (χ2n) is 5.20. The number of allylic oxidation sites excluding steroid dienone is 2. The van der Waals surface area contributed by atoms with E-state index in [9.17, 15) is 0 Å². The summed E-state index contributed by atoms with van der Waals surface area (Å²) >= 11 is 0. The zero-order valence-electron chi connectivity index (χ0n) is 12.8. The van der Waals surface area contributed by atoms with Crippen LogP contribution in [0.4, 0.5) is 5.82 Å². The van der Waals surface area contributed by atoms with E-state index < -0.39 is 0 Å². The van der Waals surface area contributed by atoms with E-state index in [1.54, 1.807) is 6.08 Å². The number of hydrogen-bond donors (Lipinski definition) is 1. The number of nitrogens with zero attached hydrogens (tertiary/aromatic N) is 1. The maximum atomic E-state index is 5.94. The lowest BCUT2D eigenvalue weighted by molar-refractivity contribution is 0.135. The predicted molar refractivity (Wildman–Crippen MR) is 89.0 cm³/mol. The van der Waals surface area contributed by atoms with Crippen LogP contribution in [0.5, 0.6) is 0 Å². The van der Waals surface area contributed by atoms with Gasteiger partial charge >= 0.3 is 0 Å². The van der Waals surface area contributed by atoms with Crippen LogP contribution in [0.25, 0.3) is 10.9 Å². The number of fused-ring (bicyclic) bond motifs is 3. The van der Waals surface area contributed by atoms with E-state index in [1.165, 1.54) is 16.5 Å². The Morgan fingerprint density at radius 1 is 1.38 bits per heavy atom. The summed E-state index contributed by atoms with van der Waals surface area (Å²) in [4.78, 5) is 4.45. The average Bonchev–Trinajstić information content (AvgIpc) is 2.97. The lowest BCUT2D eigenvalue weighted by Crippen LogP contribution is -1.99. The number of pyridine rings is 1. The second kappa shape index (κ2) is 6.55. The van der Waals surface area contributed by atoms with Crippen molar-refractivity contribution in [3.8, 4) is 0 Å². The van der Waals surface area contributed by atoms with Gasteiger partial charge < -0.3 is 10.5 Å². The molecule has 0 bridgehead atoms. The molecule has 0 aliphatic carbocycles. The van der Waals surface area contributed by atoms with Gasteiger partial charge in [-0.25, -0.2) is 4.98 Å². The van der Waals surface area contributed by atoms with Gasteiger partial charge in [-0.1, -0.05) is 43.9 Å². The maximum absolute atomic E-state index is 5.94. The molecule has 0 amide bonds. The van der Waals surface area contributed by atoms with Gasteiger partial charge in [0.2, 0.25) is 0 Å². The van der Waals surface area contributed by atoms with Crippen LogP contribution < -0.4 is 5.73 Å². The van der Waals surface area contributed by atoms with Gasteiger partial charge in [0.1, 0.15) is 5.82 Å².